The first-order valence-corrected chi connectivity index (χ1v) is 15.1. The SMILES string of the molecule is C[Si](C)(C)Oc1cc2c(cc1O[Si](C)(C)C)-c1ccccc1C2. The van der Waals surface area contributed by atoms with Crippen molar-refractivity contribution in [3.63, 3.8) is 0 Å². The van der Waals surface area contributed by atoms with Gasteiger partial charge in [0.05, 0.1) is 0 Å². The zero-order valence-electron chi connectivity index (χ0n) is 15.0. The molecule has 2 aromatic carbocycles. The van der Waals surface area contributed by atoms with Crippen LogP contribution < -0.4 is 8.85 Å². The van der Waals surface area contributed by atoms with Gasteiger partial charge in [0.1, 0.15) is 11.5 Å². The van der Waals surface area contributed by atoms with Crippen LogP contribution in [0.25, 0.3) is 11.1 Å². The molecular formula is C19H26O2Si2. The van der Waals surface area contributed by atoms with Crippen molar-refractivity contribution in [3.8, 4) is 22.6 Å². The Hall–Kier alpha value is -1.53. The van der Waals surface area contributed by atoms with Gasteiger partial charge in [-0.2, -0.15) is 0 Å². The van der Waals surface area contributed by atoms with Gasteiger partial charge in [0.15, 0.2) is 0 Å². The fraction of sp³-hybridized carbons (Fsp3) is 0.368. The Bertz CT molecular complexity index is 740. The van der Waals surface area contributed by atoms with Gasteiger partial charge in [-0.1, -0.05) is 24.3 Å². The Balaban J connectivity index is 2.10. The van der Waals surface area contributed by atoms with Crippen LogP contribution in [0.1, 0.15) is 11.1 Å². The fourth-order valence-corrected chi connectivity index (χ4v) is 4.60. The molecule has 23 heavy (non-hydrogen) atoms. The van der Waals surface area contributed by atoms with Crippen molar-refractivity contribution in [2.75, 3.05) is 0 Å². The van der Waals surface area contributed by atoms with Gasteiger partial charge >= 0.3 is 0 Å². The standard InChI is InChI=1S/C19H26O2Si2/c1-22(2,3)20-18-12-15-11-14-9-7-8-10-16(14)17(15)13-19(18)21-23(4,5)6/h7-10,12-13H,11H2,1-6H3. The molecule has 0 aromatic heterocycles. The average Bonchev–Trinajstić information content (AvgIpc) is 2.73. The van der Waals surface area contributed by atoms with Crippen LogP contribution in [0.5, 0.6) is 11.5 Å². The number of fused-ring (bicyclic) bond motifs is 3. The molecule has 0 radical (unpaired) electrons. The highest BCUT2D eigenvalue weighted by atomic mass is 28.4. The van der Waals surface area contributed by atoms with Crippen molar-refractivity contribution < 1.29 is 8.85 Å². The molecule has 0 heterocycles. The largest absolute Gasteiger partial charge is 0.542 e. The molecular weight excluding hydrogens is 316 g/mol. The van der Waals surface area contributed by atoms with E-state index in [1.165, 1.54) is 22.3 Å². The summed E-state index contributed by atoms with van der Waals surface area (Å²) in [5.41, 5.74) is 5.38. The fourth-order valence-electron chi connectivity index (χ4n) is 2.96. The van der Waals surface area contributed by atoms with E-state index in [2.05, 4.69) is 75.7 Å². The Morgan fingerprint density at radius 3 is 1.87 bits per heavy atom. The van der Waals surface area contributed by atoms with E-state index in [4.69, 9.17) is 8.85 Å². The maximum Gasteiger partial charge on any atom is 0.242 e. The first kappa shape index (κ1) is 16.3. The Kier molecular flexibility index (Phi) is 3.93. The number of hydrogen-bond acceptors (Lipinski definition) is 2. The van der Waals surface area contributed by atoms with E-state index in [9.17, 15) is 0 Å². The second kappa shape index (κ2) is 5.53. The molecule has 2 nitrogen and oxygen atoms in total. The number of hydrogen-bond donors (Lipinski definition) is 0. The Morgan fingerprint density at radius 1 is 0.696 bits per heavy atom. The first-order chi connectivity index (χ1) is 10.6. The molecule has 0 spiro atoms. The van der Waals surface area contributed by atoms with Crippen molar-refractivity contribution in [3.05, 3.63) is 47.5 Å². The summed E-state index contributed by atoms with van der Waals surface area (Å²) >= 11 is 0. The average molecular weight is 343 g/mol. The Labute approximate surface area is 141 Å². The van der Waals surface area contributed by atoms with Crippen LogP contribution in [-0.4, -0.2) is 16.6 Å². The highest BCUT2D eigenvalue weighted by Gasteiger charge is 2.27. The van der Waals surface area contributed by atoms with Gasteiger partial charge in [-0.15, -0.1) is 0 Å². The second-order valence-electron chi connectivity index (χ2n) is 8.22. The molecule has 0 N–H and O–H groups in total. The maximum absolute atomic E-state index is 6.36. The molecule has 0 saturated carbocycles. The van der Waals surface area contributed by atoms with E-state index in [1.54, 1.807) is 0 Å². The van der Waals surface area contributed by atoms with Crippen LogP contribution in [0, 0.1) is 0 Å². The molecule has 4 heteroatoms. The van der Waals surface area contributed by atoms with Gasteiger partial charge < -0.3 is 8.85 Å². The minimum absolute atomic E-state index is 0.919. The molecule has 1 aliphatic rings. The van der Waals surface area contributed by atoms with Crippen LogP contribution in [0.4, 0.5) is 0 Å². The summed E-state index contributed by atoms with van der Waals surface area (Å²) in [6, 6.07) is 13.1. The summed E-state index contributed by atoms with van der Waals surface area (Å²) in [6.07, 6.45) is 0.987. The zero-order chi connectivity index (χ0) is 16.8. The molecule has 1 aliphatic carbocycles. The van der Waals surface area contributed by atoms with E-state index in [1.807, 2.05) is 0 Å². The minimum Gasteiger partial charge on any atom is -0.542 e. The highest BCUT2D eigenvalue weighted by Crippen LogP contribution is 2.44. The van der Waals surface area contributed by atoms with Crippen LogP contribution in [0.3, 0.4) is 0 Å². The van der Waals surface area contributed by atoms with Crippen LogP contribution in [-0.2, 0) is 6.42 Å². The molecule has 2 aromatic rings. The minimum atomic E-state index is -1.69. The lowest BCUT2D eigenvalue weighted by molar-refractivity contribution is 0.489. The molecule has 0 bridgehead atoms. The zero-order valence-corrected chi connectivity index (χ0v) is 17.0. The third-order valence-corrected chi connectivity index (χ3v) is 5.35. The van der Waals surface area contributed by atoms with Gasteiger partial charge in [-0.05, 0) is 80.1 Å². The summed E-state index contributed by atoms with van der Waals surface area (Å²) < 4.78 is 12.7. The van der Waals surface area contributed by atoms with Crippen molar-refractivity contribution in [1.29, 1.82) is 0 Å². The van der Waals surface area contributed by atoms with E-state index in [-0.39, 0.29) is 0 Å². The van der Waals surface area contributed by atoms with Crippen molar-refractivity contribution in [1.82, 2.24) is 0 Å². The molecule has 122 valence electrons. The molecule has 0 fully saturated rings. The lowest BCUT2D eigenvalue weighted by Gasteiger charge is -2.26. The predicted molar refractivity (Wildman–Crippen MR) is 103 cm³/mol. The lowest BCUT2D eigenvalue weighted by atomic mass is 10.1. The number of benzene rings is 2. The number of rotatable bonds is 4. The smallest absolute Gasteiger partial charge is 0.242 e. The summed E-state index contributed by atoms with van der Waals surface area (Å²) in [4.78, 5) is 0. The summed E-state index contributed by atoms with van der Waals surface area (Å²) in [5, 5.41) is 0. The first-order valence-electron chi connectivity index (χ1n) is 8.26. The third kappa shape index (κ3) is 3.70. The quantitative estimate of drug-likeness (QED) is 0.567. The van der Waals surface area contributed by atoms with Crippen molar-refractivity contribution >= 4 is 16.6 Å². The van der Waals surface area contributed by atoms with E-state index < -0.39 is 16.6 Å². The third-order valence-electron chi connectivity index (χ3n) is 3.69. The summed E-state index contributed by atoms with van der Waals surface area (Å²) in [6.45, 7) is 13.3. The van der Waals surface area contributed by atoms with E-state index in [0.717, 1.165) is 17.9 Å². The van der Waals surface area contributed by atoms with Gasteiger partial charge in [0.2, 0.25) is 16.6 Å². The van der Waals surface area contributed by atoms with Crippen LogP contribution in [0.15, 0.2) is 36.4 Å². The van der Waals surface area contributed by atoms with E-state index in [0.29, 0.717) is 0 Å². The summed E-state index contributed by atoms with van der Waals surface area (Å²) in [7, 11) is -3.38. The monoisotopic (exact) mass is 342 g/mol. The molecule has 0 atom stereocenters. The van der Waals surface area contributed by atoms with Gasteiger partial charge in [0.25, 0.3) is 0 Å². The van der Waals surface area contributed by atoms with Crippen molar-refractivity contribution in [2.24, 2.45) is 0 Å². The summed E-state index contributed by atoms with van der Waals surface area (Å²) in [5.74, 6) is 1.85. The molecule has 0 aliphatic heterocycles. The van der Waals surface area contributed by atoms with Gasteiger partial charge in [-0.25, -0.2) is 0 Å². The second-order valence-corrected chi connectivity index (χ2v) is 17.1. The lowest BCUT2D eigenvalue weighted by Crippen LogP contribution is -2.32. The van der Waals surface area contributed by atoms with E-state index >= 15 is 0 Å². The normalized spacial score (nSPS) is 13.5. The van der Waals surface area contributed by atoms with Gasteiger partial charge in [0, 0.05) is 0 Å². The van der Waals surface area contributed by atoms with Crippen LogP contribution in [0.2, 0.25) is 39.3 Å². The Morgan fingerprint density at radius 2 is 1.26 bits per heavy atom. The van der Waals surface area contributed by atoms with Gasteiger partial charge in [-0.3, -0.25) is 0 Å². The highest BCUT2D eigenvalue weighted by molar-refractivity contribution is 6.71. The molecule has 0 amide bonds. The maximum atomic E-state index is 6.36. The predicted octanol–water partition coefficient (Wildman–Crippen LogP) is 5.69. The van der Waals surface area contributed by atoms with Crippen molar-refractivity contribution in [2.45, 2.75) is 45.7 Å². The topological polar surface area (TPSA) is 18.5 Å². The molecule has 0 saturated heterocycles. The molecule has 0 unspecified atom stereocenters. The van der Waals surface area contributed by atoms with Crippen LogP contribution >= 0.6 is 0 Å². The molecule has 3 rings (SSSR count).